The number of amides is 2. The zero-order chi connectivity index (χ0) is 18.6. The number of nitrogens with zero attached hydrogens (tertiary/aromatic N) is 4. The summed E-state index contributed by atoms with van der Waals surface area (Å²) in [4.78, 5) is 32.5. The quantitative estimate of drug-likeness (QED) is 0.786. The maximum absolute atomic E-state index is 12.3. The standard InChI is InChI=1S/C18H30N4O3/c1-12(2)17-19-16(20-25-17)8-10-22(14(5)23)15-7-6-9-21(11-15)18(24)13(3)4/h12-13,15H,6-11H2,1-5H3. The van der Waals surface area contributed by atoms with E-state index in [1.54, 1.807) is 6.92 Å². The molecule has 1 saturated heterocycles. The highest BCUT2D eigenvalue weighted by Gasteiger charge is 2.30. The van der Waals surface area contributed by atoms with E-state index in [9.17, 15) is 9.59 Å². The smallest absolute Gasteiger partial charge is 0.229 e. The second-order valence-corrected chi connectivity index (χ2v) is 7.40. The largest absolute Gasteiger partial charge is 0.340 e. The third-order valence-corrected chi connectivity index (χ3v) is 4.60. The molecule has 1 aromatic heterocycles. The van der Waals surface area contributed by atoms with Crippen LogP contribution in [0.15, 0.2) is 4.52 Å². The topological polar surface area (TPSA) is 79.5 Å². The van der Waals surface area contributed by atoms with Gasteiger partial charge in [0.05, 0.1) is 0 Å². The van der Waals surface area contributed by atoms with Gasteiger partial charge in [0, 0.05) is 50.9 Å². The minimum atomic E-state index is -0.0155. The van der Waals surface area contributed by atoms with Gasteiger partial charge in [-0.3, -0.25) is 9.59 Å². The van der Waals surface area contributed by atoms with Crippen molar-refractivity contribution in [3.05, 3.63) is 11.7 Å². The van der Waals surface area contributed by atoms with E-state index in [0.717, 1.165) is 19.4 Å². The molecule has 0 aromatic carbocycles. The van der Waals surface area contributed by atoms with Crippen molar-refractivity contribution in [2.45, 2.75) is 65.8 Å². The van der Waals surface area contributed by atoms with Gasteiger partial charge in [-0.25, -0.2) is 0 Å². The zero-order valence-electron chi connectivity index (χ0n) is 16.0. The number of aromatic nitrogens is 2. The van der Waals surface area contributed by atoms with E-state index in [0.29, 0.717) is 31.2 Å². The average Bonchev–Trinajstić information content (AvgIpc) is 3.03. The lowest BCUT2D eigenvalue weighted by molar-refractivity contribution is -0.140. The lowest BCUT2D eigenvalue weighted by Crippen LogP contribution is -2.52. The van der Waals surface area contributed by atoms with Gasteiger partial charge in [0.1, 0.15) is 0 Å². The summed E-state index contributed by atoms with van der Waals surface area (Å²) in [5, 5.41) is 3.99. The highest BCUT2D eigenvalue weighted by atomic mass is 16.5. The molecule has 0 spiro atoms. The lowest BCUT2D eigenvalue weighted by atomic mass is 10.0. The van der Waals surface area contributed by atoms with Crippen LogP contribution in [0.1, 0.15) is 65.1 Å². The van der Waals surface area contributed by atoms with Crippen LogP contribution in [0.4, 0.5) is 0 Å². The molecule has 0 saturated carbocycles. The van der Waals surface area contributed by atoms with Crippen LogP contribution < -0.4 is 0 Å². The van der Waals surface area contributed by atoms with E-state index >= 15 is 0 Å². The van der Waals surface area contributed by atoms with Crippen molar-refractivity contribution in [1.82, 2.24) is 19.9 Å². The number of carbonyl (C=O) groups excluding carboxylic acids is 2. The van der Waals surface area contributed by atoms with Crippen molar-refractivity contribution in [3.8, 4) is 0 Å². The maximum atomic E-state index is 12.3. The molecule has 0 aliphatic carbocycles. The van der Waals surface area contributed by atoms with E-state index in [2.05, 4.69) is 10.1 Å². The molecule has 0 bridgehead atoms. The summed E-state index contributed by atoms with van der Waals surface area (Å²) >= 11 is 0. The van der Waals surface area contributed by atoms with E-state index in [4.69, 9.17) is 4.52 Å². The van der Waals surface area contributed by atoms with Crippen LogP contribution in [0, 0.1) is 5.92 Å². The van der Waals surface area contributed by atoms with Gasteiger partial charge in [-0.2, -0.15) is 4.98 Å². The Morgan fingerprint density at radius 2 is 2.04 bits per heavy atom. The first kappa shape index (κ1) is 19.4. The second kappa shape index (κ2) is 8.45. The van der Waals surface area contributed by atoms with Crippen LogP contribution in [0.2, 0.25) is 0 Å². The Labute approximate surface area is 149 Å². The molecular weight excluding hydrogens is 320 g/mol. The maximum Gasteiger partial charge on any atom is 0.229 e. The lowest BCUT2D eigenvalue weighted by Gasteiger charge is -2.39. The molecule has 0 radical (unpaired) electrons. The number of carbonyl (C=O) groups is 2. The first-order valence-corrected chi connectivity index (χ1v) is 9.18. The molecule has 2 rings (SSSR count). The normalized spacial score (nSPS) is 18.0. The van der Waals surface area contributed by atoms with Crippen molar-refractivity contribution in [1.29, 1.82) is 0 Å². The summed E-state index contributed by atoms with van der Waals surface area (Å²) in [5.41, 5.74) is 0. The summed E-state index contributed by atoms with van der Waals surface area (Å²) in [5.74, 6) is 1.61. The van der Waals surface area contributed by atoms with Crippen LogP contribution in [0.3, 0.4) is 0 Å². The molecule has 2 heterocycles. The third-order valence-electron chi connectivity index (χ3n) is 4.60. The SMILES string of the molecule is CC(=O)N(CCc1noc(C(C)C)n1)C1CCCN(C(=O)C(C)C)C1. The number of hydrogen-bond acceptors (Lipinski definition) is 5. The summed E-state index contributed by atoms with van der Waals surface area (Å²) in [7, 11) is 0. The highest BCUT2D eigenvalue weighted by Crippen LogP contribution is 2.19. The Bertz CT molecular complexity index is 597. The van der Waals surface area contributed by atoms with Crippen LogP contribution in [-0.2, 0) is 16.0 Å². The fraction of sp³-hybridized carbons (Fsp3) is 0.778. The molecule has 7 nitrogen and oxygen atoms in total. The molecule has 1 aromatic rings. The van der Waals surface area contributed by atoms with Crippen molar-refractivity contribution in [2.75, 3.05) is 19.6 Å². The zero-order valence-corrected chi connectivity index (χ0v) is 16.0. The monoisotopic (exact) mass is 350 g/mol. The van der Waals surface area contributed by atoms with Crippen LogP contribution >= 0.6 is 0 Å². The van der Waals surface area contributed by atoms with Crippen molar-refractivity contribution >= 4 is 11.8 Å². The van der Waals surface area contributed by atoms with Crippen molar-refractivity contribution < 1.29 is 14.1 Å². The van der Waals surface area contributed by atoms with E-state index in [1.807, 2.05) is 37.5 Å². The minimum absolute atomic E-state index is 0.0155. The molecule has 1 aliphatic rings. The van der Waals surface area contributed by atoms with Gasteiger partial charge in [0.15, 0.2) is 5.82 Å². The van der Waals surface area contributed by atoms with Crippen LogP contribution in [0.25, 0.3) is 0 Å². The van der Waals surface area contributed by atoms with Gasteiger partial charge >= 0.3 is 0 Å². The van der Waals surface area contributed by atoms with Gasteiger partial charge in [0.25, 0.3) is 0 Å². The molecule has 25 heavy (non-hydrogen) atoms. The van der Waals surface area contributed by atoms with Crippen molar-refractivity contribution in [3.63, 3.8) is 0 Å². The molecule has 140 valence electrons. The van der Waals surface area contributed by atoms with Gasteiger partial charge in [-0.05, 0) is 12.8 Å². The first-order valence-electron chi connectivity index (χ1n) is 9.18. The van der Waals surface area contributed by atoms with Gasteiger partial charge in [-0.1, -0.05) is 32.9 Å². The molecule has 1 unspecified atom stereocenters. The molecule has 2 amide bonds. The Morgan fingerprint density at radius 1 is 1.32 bits per heavy atom. The Balaban J connectivity index is 1.99. The summed E-state index contributed by atoms with van der Waals surface area (Å²) in [6, 6.07) is 0.0606. The van der Waals surface area contributed by atoms with Gasteiger partial charge < -0.3 is 14.3 Å². The van der Waals surface area contributed by atoms with Crippen LogP contribution in [0.5, 0.6) is 0 Å². The first-order chi connectivity index (χ1) is 11.8. The number of likely N-dealkylation sites (tertiary alicyclic amines) is 1. The fourth-order valence-corrected chi connectivity index (χ4v) is 3.20. The summed E-state index contributed by atoms with van der Waals surface area (Å²) in [6.07, 6.45) is 2.40. The molecule has 0 N–H and O–H groups in total. The summed E-state index contributed by atoms with van der Waals surface area (Å²) < 4.78 is 5.22. The summed E-state index contributed by atoms with van der Waals surface area (Å²) in [6.45, 7) is 11.3. The van der Waals surface area contributed by atoms with Gasteiger partial charge in [-0.15, -0.1) is 0 Å². The minimum Gasteiger partial charge on any atom is -0.340 e. The highest BCUT2D eigenvalue weighted by molar-refractivity contribution is 5.78. The fourth-order valence-electron chi connectivity index (χ4n) is 3.20. The molecule has 1 aliphatic heterocycles. The molecule has 1 fully saturated rings. The van der Waals surface area contributed by atoms with Crippen LogP contribution in [-0.4, -0.2) is 57.4 Å². The third kappa shape index (κ3) is 5.03. The van der Waals surface area contributed by atoms with Gasteiger partial charge in [0.2, 0.25) is 17.7 Å². The Morgan fingerprint density at radius 3 is 2.60 bits per heavy atom. The molecular formula is C18H30N4O3. The van der Waals surface area contributed by atoms with E-state index in [-0.39, 0.29) is 29.7 Å². The average molecular weight is 350 g/mol. The molecule has 7 heteroatoms. The van der Waals surface area contributed by atoms with Crippen molar-refractivity contribution in [2.24, 2.45) is 5.92 Å². The predicted octanol–water partition coefficient (Wildman–Crippen LogP) is 2.23. The Kier molecular flexibility index (Phi) is 6.56. The number of hydrogen-bond donors (Lipinski definition) is 0. The van der Waals surface area contributed by atoms with E-state index < -0.39 is 0 Å². The predicted molar refractivity (Wildman–Crippen MR) is 93.9 cm³/mol. The number of rotatable bonds is 6. The van der Waals surface area contributed by atoms with E-state index in [1.165, 1.54) is 0 Å². The number of piperidine rings is 1. The Hall–Kier alpha value is -1.92. The second-order valence-electron chi connectivity index (χ2n) is 7.40. The molecule has 1 atom stereocenters.